The molecular weight excluding hydrogens is 293 g/mol. The Hall–Kier alpha value is -2.07. The number of rotatable bonds is 3. The molecule has 0 aliphatic rings. The van der Waals surface area contributed by atoms with Crippen LogP contribution < -0.4 is 0 Å². The van der Waals surface area contributed by atoms with Gasteiger partial charge in [0.1, 0.15) is 11.6 Å². The molecule has 2 rings (SSSR count). The van der Waals surface area contributed by atoms with Crippen molar-refractivity contribution in [2.45, 2.75) is 13.0 Å². The number of nitrogens with zero attached hydrogens (tertiary/aromatic N) is 1. The number of carbonyl (C=O) groups is 1. The van der Waals surface area contributed by atoms with Crippen molar-refractivity contribution in [2.24, 2.45) is 0 Å². The molecule has 0 radical (unpaired) electrons. The van der Waals surface area contributed by atoms with Crippen molar-refractivity contribution in [1.29, 1.82) is 0 Å². The molecule has 1 N–H and O–H groups in total. The first kappa shape index (κ1) is 15.3. The Morgan fingerprint density at radius 3 is 2.43 bits per heavy atom. The van der Waals surface area contributed by atoms with Gasteiger partial charge in [-0.3, -0.25) is 4.79 Å². The summed E-state index contributed by atoms with van der Waals surface area (Å²) in [5, 5.41) is 10.3. The van der Waals surface area contributed by atoms with Gasteiger partial charge >= 0.3 is 0 Å². The van der Waals surface area contributed by atoms with E-state index in [1.165, 1.54) is 11.0 Å². The van der Waals surface area contributed by atoms with Gasteiger partial charge in [-0.2, -0.15) is 0 Å². The lowest BCUT2D eigenvalue weighted by atomic mass is 10.1. The molecule has 0 saturated carbocycles. The van der Waals surface area contributed by atoms with Crippen molar-refractivity contribution in [3.05, 3.63) is 64.4 Å². The van der Waals surface area contributed by atoms with Crippen molar-refractivity contribution in [3.63, 3.8) is 0 Å². The van der Waals surface area contributed by atoms with Crippen molar-refractivity contribution < 1.29 is 14.3 Å². The SMILES string of the molecule is CC(c1ccc(Cl)cc1)N(C)C(=O)c1ccc(F)cc1O. The molecule has 3 nitrogen and oxygen atoms in total. The smallest absolute Gasteiger partial charge is 0.257 e. The summed E-state index contributed by atoms with van der Waals surface area (Å²) in [6, 6.07) is 10.3. The Morgan fingerprint density at radius 1 is 1.24 bits per heavy atom. The Balaban J connectivity index is 2.24. The molecule has 1 unspecified atom stereocenters. The van der Waals surface area contributed by atoms with Gasteiger partial charge in [0.15, 0.2) is 0 Å². The number of phenolic OH excluding ortho intramolecular Hbond substituents is 1. The van der Waals surface area contributed by atoms with Gasteiger partial charge in [-0.05, 0) is 36.8 Å². The molecule has 5 heteroatoms. The molecule has 2 aromatic carbocycles. The predicted molar refractivity (Wildman–Crippen MR) is 80.0 cm³/mol. The average molecular weight is 308 g/mol. The minimum Gasteiger partial charge on any atom is -0.507 e. The molecule has 0 heterocycles. The molecule has 0 bridgehead atoms. The molecule has 0 aromatic heterocycles. The van der Waals surface area contributed by atoms with Gasteiger partial charge in [0.25, 0.3) is 5.91 Å². The first-order valence-electron chi connectivity index (χ1n) is 6.41. The normalized spacial score (nSPS) is 12.0. The molecule has 0 fully saturated rings. The second-order valence-electron chi connectivity index (χ2n) is 4.81. The van der Waals surface area contributed by atoms with E-state index < -0.39 is 5.82 Å². The average Bonchev–Trinajstić information content (AvgIpc) is 2.46. The first-order chi connectivity index (χ1) is 9.90. The maximum absolute atomic E-state index is 13.0. The van der Waals surface area contributed by atoms with Gasteiger partial charge in [-0.25, -0.2) is 4.39 Å². The summed E-state index contributed by atoms with van der Waals surface area (Å²) in [6.07, 6.45) is 0. The second-order valence-corrected chi connectivity index (χ2v) is 5.24. The number of carbonyl (C=O) groups excluding carboxylic acids is 1. The molecule has 1 atom stereocenters. The summed E-state index contributed by atoms with van der Waals surface area (Å²) in [7, 11) is 1.63. The van der Waals surface area contributed by atoms with Crippen molar-refractivity contribution in [1.82, 2.24) is 4.90 Å². The van der Waals surface area contributed by atoms with Gasteiger partial charge in [0, 0.05) is 18.1 Å². The fraction of sp³-hybridized carbons (Fsp3) is 0.188. The Kier molecular flexibility index (Phi) is 4.48. The zero-order valence-corrected chi connectivity index (χ0v) is 12.4. The van der Waals surface area contributed by atoms with E-state index in [4.69, 9.17) is 11.6 Å². The van der Waals surface area contributed by atoms with Crippen LogP contribution >= 0.6 is 11.6 Å². The quantitative estimate of drug-likeness (QED) is 0.930. The highest BCUT2D eigenvalue weighted by Crippen LogP contribution is 2.25. The Morgan fingerprint density at radius 2 is 1.86 bits per heavy atom. The predicted octanol–water partition coefficient (Wildman–Crippen LogP) is 4.02. The molecule has 0 saturated heterocycles. The van der Waals surface area contributed by atoms with Gasteiger partial charge in [-0.1, -0.05) is 23.7 Å². The van der Waals surface area contributed by atoms with Gasteiger partial charge in [-0.15, -0.1) is 0 Å². The highest BCUT2D eigenvalue weighted by Gasteiger charge is 2.21. The lowest BCUT2D eigenvalue weighted by molar-refractivity contribution is 0.0739. The third kappa shape index (κ3) is 3.34. The number of halogens is 2. The largest absolute Gasteiger partial charge is 0.507 e. The van der Waals surface area contributed by atoms with Crippen LogP contribution in [0.3, 0.4) is 0 Å². The Bertz CT molecular complexity index is 658. The third-order valence-electron chi connectivity index (χ3n) is 3.44. The minimum absolute atomic E-state index is 0.0692. The van der Waals surface area contributed by atoms with Crippen molar-refractivity contribution in [3.8, 4) is 5.75 Å². The molecule has 0 aliphatic carbocycles. The molecular formula is C16H15ClFNO2. The van der Waals surface area contributed by atoms with Gasteiger partial charge in [0.2, 0.25) is 0 Å². The highest BCUT2D eigenvalue weighted by atomic mass is 35.5. The Labute approximate surface area is 127 Å². The van der Waals surface area contributed by atoms with Gasteiger partial charge in [0.05, 0.1) is 11.6 Å². The summed E-state index contributed by atoms with van der Waals surface area (Å²) < 4.78 is 13.0. The summed E-state index contributed by atoms with van der Waals surface area (Å²) in [5.74, 6) is -1.33. The van der Waals surface area contributed by atoms with Crippen LogP contribution in [0.4, 0.5) is 4.39 Å². The van der Waals surface area contributed by atoms with E-state index in [0.29, 0.717) is 5.02 Å². The lowest BCUT2D eigenvalue weighted by Gasteiger charge is -2.25. The van der Waals surface area contributed by atoms with Crippen LogP contribution in [-0.2, 0) is 0 Å². The van der Waals surface area contributed by atoms with Crippen molar-refractivity contribution >= 4 is 17.5 Å². The highest BCUT2D eigenvalue weighted by molar-refractivity contribution is 6.30. The van der Waals surface area contributed by atoms with Gasteiger partial charge < -0.3 is 10.0 Å². The van der Waals surface area contributed by atoms with Crippen LogP contribution in [0.15, 0.2) is 42.5 Å². The third-order valence-corrected chi connectivity index (χ3v) is 3.70. The molecule has 0 spiro atoms. The second kappa shape index (κ2) is 6.14. The topological polar surface area (TPSA) is 40.5 Å². The van der Waals surface area contributed by atoms with E-state index in [1.807, 2.05) is 19.1 Å². The van der Waals surface area contributed by atoms with Crippen LogP contribution in [0.1, 0.15) is 28.9 Å². The molecule has 110 valence electrons. The van der Waals surface area contributed by atoms with Crippen LogP contribution in [0.5, 0.6) is 5.75 Å². The van der Waals surface area contributed by atoms with E-state index in [9.17, 15) is 14.3 Å². The maximum atomic E-state index is 13.0. The number of phenols is 1. The van der Waals surface area contributed by atoms with Crippen molar-refractivity contribution in [2.75, 3.05) is 7.05 Å². The molecule has 0 aliphatic heterocycles. The summed E-state index contributed by atoms with van der Waals surface area (Å²) in [4.78, 5) is 13.9. The number of amides is 1. The lowest BCUT2D eigenvalue weighted by Crippen LogP contribution is -2.29. The summed E-state index contributed by atoms with van der Waals surface area (Å²) in [5.41, 5.74) is 0.983. The number of benzene rings is 2. The monoisotopic (exact) mass is 307 g/mol. The fourth-order valence-corrected chi connectivity index (χ4v) is 2.14. The number of hydrogen-bond acceptors (Lipinski definition) is 2. The van der Waals surface area contributed by atoms with Crippen LogP contribution in [0, 0.1) is 5.82 Å². The molecule has 1 amide bonds. The van der Waals surface area contributed by atoms with Crippen LogP contribution in [0.25, 0.3) is 0 Å². The summed E-state index contributed by atoms with van der Waals surface area (Å²) >= 11 is 5.84. The van der Waals surface area contributed by atoms with E-state index >= 15 is 0 Å². The first-order valence-corrected chi connectivity index (χ1v) is 6.79. The zero-order valence-electron chi connectivity index (χ0n) is 11.7. The van der Waals surface area contributed by atoms with E-state index in [2.05, 4.69) is 0 Å². The molecule has 2 aromatic rings. The summed E-state index contributed by atoms with van der Waals surface area (Å²) in [6.45, 7) is 1.86. The number of aromatic hydroxyl groups is 1. The van der Waals surface area contributed by atoms with E-state index in [-0.39, 0.29) is 23.3 Å². The molecule has 21 heavy (non-hydrogen) atoms. The van der Waals surface area contributed by atoms with Crippen LogP contribution in [-0.4, -0.2) is 23.0 Å². The maximum Gasteiger partial charge on any atom is 0.257 e. The van der Waals surface area contributed by atoms with E-state index in [1.54, 1.807) is 19.2 Å². The number of hydrogen-bond donors (Lipinski definition) is 1. The minimum atomic E-state index is -0.586. The van der Waals surface area contributed by atoms with Crippen LogP contribution in [0.2, 0.25) is 5.02 Å². The fourth-order valence-electron chi connectivity index (χ4n) is 2.02. The standard InChI is InChI=1S/C16H15ClFNO2/c1-10(11-3-5-12(17)6-4-11)19(2)16(21)14-8-7-13(18)9-15(14)20/h3-10,20H,1-2H3. The van der Waals surface area contributed by atoms with E-state index in [0.717, 1.165) is 17.7 Å². The zero-order chi connectivity index (χ0) is 15.6.